The van der Waals surface area contributed by atoms with E-state index in [1.54, 1.807) is 14.2 Å². The van der Waals surface area contributed by atoms with Crippen molar-refractivity contribution >= 4 is 17.7 Å². The molecular weight excluding hydrogens is 460 g/mol. The predicted molar refractivity (Wildman–Crippen MR) is 136 cm³/mol. The molecule has 1 aliphatic heterocycles. The van der Waals surface area contributed by atoms with Crippen LogP contribution in [0.4, 0.5) is 0 Å². The first-order valence-electron chi connectivity index (χ1n) is 11.4. The van der Waals surface area contributed by atoms with Gasteiger partial charge in [0.05, 0.1) is 20.0 Å². The average Bonchev–Trinajstić information content (AvgIpc) is 3.35. The summed E-state index contributed by atoms with van der Waals surface area (Å²) in [6, 6.07) is 23.7. The molecule has 8 heteroatoms. The van der Waals surface area contributed by atoms with Crippen LogP contribution in [-0.2, 0) is 17.8 Å². The van der Waals surface area contributed by atoms with Gasteiger partial charge in [-0.3, -0.25) is 9.36 Å². The van der Waals surface area contributed by atoms with Gasteiger partial charge in [-0.1, -0.05) is 48.2 Å². The number of thioether (sulfide) groups is 1. The van der Waals surface area contributed by atoms with E-state index in [0.717, 1.165) is 35.7 Å². The van der Waals surface area contributed by atoms with Crippen molar-refractivity contribution in [3.05, 3.63) is 83.9 Å². The number of ether oxygens (including phenoxy) is 2. The lowest BCUT2D eigenvalue weighted by Gasteiger charge is -2.28. The van der Waals surface area contributed by atoms with Crippen LogP contribution in [0.15, 0.2) is 78.0 Å². The monoisotopic (exact) mass is 486 g/mol. The van der Waals surface area contributed by atoms with Gasteiger partial charge >= 0.3 is 0 Å². The Labute approximate surface area is 208 Å². The lowest BCUT2D eigenvalue weighted by molar-refractivity contribution is -0.129. The van der Waals surface area contributed by atoms with Gasteiger partial charge < -0.3 is 14.4 Å². The third kappa shape index (κ3) is 4.88. The van der Waals surface area contributed by atoms with Crippen LogP contribution in [0.2, 0.25) is 0 Å². The van der Waals surface area contributed by atoms with Gasteiger partial charge in [-0.2, -0.15) is 0 Å². The summed E-state index contributed by atoms with van der Waals surface area (Å²) < 4.78 is 12.7. The molecular formula is C27H26N4O3S. The summed E-state index contributed by atoms with van der Waals surface area (Å²) in [6.45, 7) is 1.38. The summed E-state index contributed by atoms with van der Waals surface area (Å²) >= 11 is 1.40. The van der Waals surface area contributed by atoms with Gasteiger partial charge in [0.25, 0.3) is 0 Å². The summed E-state index contributed by atoms with van der Waals surface area (Å²) in [7, 11) is 3.28. The van der Waals surface area contributed by atoms with Gasteiger partial charge in [-0.25, -0.2) is 0 Å². The largest absolute Gasteiger partial charge is 0.497 e. The van der Waals surface area contributed by atoms with Crippen LogP contribution in [0.25, 0.3) is 17.1 Å². The smallest absolute Gasteiger partial charge is 0.233 e. The first-order chi connectivity index (χ1) is 17.2. The number of benzene rings is 3. The SMILES string of the molecule is COc1ccc(-n2c(SCC(=O)N3CCc4ccccc4C3)nnc2-c2cccc(OC)c2)cc1. The molecule has 0 aliphatic carbocycles. The van der Waals surface area contributed by atoms with Crippen LogP contribution in [0.5, 0.6) is 11.5 Å². The summed E-state index contributed by atoms with van der Waals surface area (Å²) in [5, 5.41) is 9.59. The molecule has 0 spiro atoms. The zero-order chi connectivity index (χ0) is 24.2. The highest BCUT2D eigenvalue weighted by molar-refractivity contribution is 7.99. The lowest BCUT2D eigenvalue weighted by Crippen LogP contribution is -2.37. The molecule has 0 radical (unpaired) electrons. The van der Waals surface area contributed by atoms with E-state index in [2.05, 4.69) is 28.4 Å². The predicted octanol–water partition coefficient (Wildman–Crippen LogP) is 4.63. The molecule has 0 saturated carbocycles. The van der Waals surface area contributed by atoms with Gasteiger partial charge in [0.2, 0.25) is 5.91 Å². The normalized spacial score (nSPS) is 12.8. The van der Waals surface area contributed by atoms with Gasteiger partial charge in [-0.05, 0) is 53.9 Å². The van der Waals surface area contributed by atoms with Crippen molar-refractivity contribution in [3.8, 4) is 28.6 Å². The standard InChI is InChI=1S/C27H26N4O3S/c1-33-23-12-10-22(11-13-23)31-26(20-8-5-9-24(16-20)34-2)28-29-27(31)35-18-25(32)30-15-14-19-6-3-4-7-21(19)17-30/h3-13,16H,14-15,17-18H2,1-2H3. The molecule has 3 aromatic carbocycles. The molecule has 1 aromatic heterocycles. The van der Waals surface area contributed by atoms with E-state index in [1.807, 2.05) is 64.1 Å². The van der Waals surface area contributed by atoms with Gasteiger partial charge in [0.15, 0.2) is 11.0 Å². The zero-order valence-electron chi connectivity index (χ0n) is 19.7. The highest BCUT2D eigenvalue weighted by Gasteiger charge is 2.23. The van der Waals surface area contributed by atoms with E-state index in [-0.39, 0.29) is 11.7 Å². The van der Waals surface area contributed by atoms with E-state index < -0.39 is 0 Å². The molecule has 2 heterocycles. The van der Waals surface area contributed by atoms with Crippen molar-refractivity contribution in [2.24, 2.45) is 0 Å². The van der Waals surface area contributed by atoms with Crippen LogP contribution in [-0.4, -0.2) is 52.1 Å². The Morgan fingerprint density at radius 2 is 1.69 bits per heavy atom. The minimum atomic E-state index is 0.0942. The van der Waals surface area contributed by atoms with Crippen LogP contribution in [0.1, 0.15) is 11.1 Å². The third-order valence-electron chi connectivity index (χ3n) is 6.10. The van der Waals surface area contributed by atoms with E-state index in [0.29, 0.717) is 17.5 Å². The topological polar surface area (TPSA) is 69.5 Å². The number of carbonyl (C=O) groups excluding carboxylic acids is 1. The molecule has 5 rings (SSSR count). The number of methoxy groups -OCH3 is 2. The molecule has 7 nitrogen and oxygen atoms in total. The third-order valence-corrected chi connectivity index (χ3v) is 7.01. The van der Waals surface area contributed by atoms with E-state index >= 15 is 0 Å². The molecule has 0 unspecified atom stereocenters. The fourth-order valence-corrected chi connectivity index (χ4v) is 5.06. The summed E-state index contributed by atoms with van der Waals surface area (Å²) in [5.41, 5.74) is 4.30. The molecule has 1 amide bonds. The Bertz CT molecular complexity index is 1340. The number of hydrogen-bond donors (Lipinski definition) is 0. The summed E-state index contributed by atoms with van der Waals surface area (Å²) in [6.07, 6.45) is 0.884. The number of nitrogens with zero attached hydrogens (tertiary/aromatic N) is 4. The van der Waals surface area contributed by atoms with Crippen LogP contribution < -0.4 is 9.47 Å². The number of carbonyl (C=O) groups is 1. The van der Waals surface area contributed by atoms with Crippen molar-refractivity contribution in [1.29, 1.82) is 0 Å². The second kappa shape index (κ2) is 10.2. The highest BCUT2D eigenvalue weighted by Crippen LogP contribution is 2.31. The first-order valence-corrected chi connectivity index (χ1v) is 12.4. The summed E-state index contributed by atoms with van der Waals surface area (Å²) in [5.74, 6) is 2.56. The second-order valence-corrected chi connectivity index (χ2v) is 9.14. The maximum Gasteiger partial charge on any atom is 0.233 e. The molecule has 1 aliphatic rings. The average molecular weight is 487 g/mol. The molecule has 0 bridgehead atoms. The van der Waals surface area contributed by atoms with Crippen molar-refractivity contribution in [2.75, 3.05) is 26.5 Å². The van der Waals surface area contributed by atoms with E-state index in [4.69, 9.17) is 9.47 Å². The first kappa shape index (κ1) is 23.0. The number of aromatic nitrogens is 3. The fraction of sp³-hybridized carbons (Fsp3) is 0.222. The molecule has 35 heavy (non-hydrogen) atoms. The van der Waals surface area contributed by atoms with Crippen molar-refractivity contribution in [2.45, 2.75) is 18.1 Å². The minimum Gasteiger partial charge on any atom is -0.497 e. The quantitative estimate of drug-likeness (QED) is 0.355. The van der Waals surface area contributed by atoms with Crippen molar-refractivity contribution < 1.29 is 14.3 Å². The zero-order valence-corrected chi connectivity index (χ0v) is 20.5. The Hall–Kier alpha value is -3.78. The number of amides is 1. The Morgan fingerprint density at radius 3 is 2.46 bits per heavy atom. The minimum absolute atomic E-state index is 0.0942. The molecule has 0 saturated heterocycles. The molecule has 178 valence electrons. The Kier molecular flexibility index (Phi) is 6.72. The molecule has 0 atom stereocenters. The Morgan fingerprint density at radius 1 is 0.914 bits per heavy atom. The van der Waals surface area contributed by atoms with Crippen LogP contribution in [0.3, 0.4) is 0 Å². The summed E-state index contributed by atoms with van der Waals surface area (Å²) in [4.78, 5) is 15.0. The number of hydrogen-bond acceptors (Lipinski definition) is 6. The van der Waals surface area contributed by atoms with Gasteiger partial charge in [-0.15, -0.1) is 10.2 Å². The van der Waals surface area contributed by atoms with Crippen LogP contribution in [0, 0.1) is 0 Å². The van der Waals surface area contributed by atoms with Gasteiger partial charge in [0, 0.05) is 24.3 Å². The van der Waals surface area contributed by atoms with E-state index in [1.165, 1.54) is 22.9 Å². The number of fused-ring (bicyclic) bond motifs is 1. The maximum atomic E-state index is 13.1. The van der Waals surface area contributed by atoms with Crippen molar-refractivity contribution in [1.82, 2.24) is 19.7 Å². The molecule has 0 fully saturated rings. The van der Waals surface area contributed by atoms with Gasteiger partial charge in [0.1, 0.15) is 11.5 Å². The molecule has 0 N–H and O–H groups in total. The Balaban J connectivity index is 1.41. The van der Waals surface area contributed by atoms with E-state index in [9.17, 15) is 4.79 Å². The maximum absolute atomic E-state index is 13.1. The molecule has 4 aromatic rings. The lowest BCUT2D eigenvalue weighted by atomic mass is 10.00. The van der Waals surface area contributed by atoms with Crippen LogP contribution >= 0.6 is 11.8 Å². The number of rotatable bonds is 7. The fourth-order valence-electron chi connectivity index (χ4n) is 4.20. The second-order valence-electron chi connectivity index (χ2n) is 8.19. The van der Waals surface area contributed by atoms with Crippen molar-refractivity contribution in [3.63, 3.8) is 0 Å². The highest BCUT2D eigenvalue weighted by atomic mass is 32.2.